The van der Waals surface area contributed by atoms with Crippen molar-refractivity contribution in [2.24, 2.45) is 5.73 Å². The molecule has 5 nitrogen and oxygen atoms in total. The summed E-state index contributed by atoms with van der Waals surface area (Å²) in [6.45, 7) is 0.711. The minimum atomic E-state index is -0.823. The van der Waals surface area contributed by atoms with Crippen molar-refractivity contribution in [2.75, 3.05) is 18.5 Å². The van der Waals surface area contributed by atoms with E-state index in [2.05, 4.69) is 26.2 Å². The molecule has 1 heterocycles. The Morgan fingerprint density at radius 2 is 2.29 bits per heavy atom. The van der Waals surface area contributed by atoms with Gasteiger partial charge in [-0.05, 0) is 24.3 Å². The molecule has 0 atom stereocenters. The first-order chi connectivity index (χ1) is 10.1. The van der Waals surface area contributed by atoms with Gasteiger partial charge in [-0.25, -0.2) is 4.39 Å². The molecule has 1 aromatic heterocycles. The van der Waals surface area contributed by atoms with Gasteiger partial charge in [-0.2, -0.15) is 0 Å². The number of ether oxygens (including phenoxy) is 1. The predicted octanol–water partition coefficient (Wildman–Crippen LogP) is 2.57. The van der Waals surface area contributed by atoms with E-state index in [1.165, 1.54) is 6.07 Å². The number of rotatable bonds is 6. The molecule has 0 aliphatic carbocycles. The molecule has 1 amide bonds. The van der Waals surface area contributed by atoms with E-state index in [1.807, 2.05) is 0 Å². The average molecular weight is 354 g/mol. The molecule has 0 aliphatic heterocycles. The Hall–Kier alpha value is -2.15. The highest BCUT2D eigenvalue weighted by Gasteiger charge is 2.15. The molecule has 0 bridgehead atoms. The van der Waals surface area contributed by atoms with E-state index < -0.39 is 11.7 Å². The molecule has 0 spiro atoms. The fourth-order valence-corrected chi connectivity index (χ4v) is 2.18. The SMILES string of the molecule is NC(=O)c1c(F)cc(Br)cc1NCCOc1cccnc1. The van der Waals surface area contributed by atoms with Crippen LogP contribution in [0.2, 0.25) is 0 Å². The fourth-order valence-electron chi connectivity index (χ4n) is 1.75. The molecule has 110 valence electrons. The standard InChI is InChI=1S/C14H13BrFN3O2/c15-9-6-11(16)13(14(17)20)12(7-9)19-4-5-21-10-2-1-3-18-8-10/h1-3,6-8,19H,4-5H2,(H2,17,20). The van der Waals surface area contributed by atoms with Crippen LogP contribution in [0.3, 0.4) is 0 Å². The normalized spacial score (nSPS) is 10.2. The van der Waals surface area contributed by atoms with Crippen LogP contribution in [-0.4, -0.2) is 24.0 Å². The molecular formula is C14H13BrFN3O2. The summed E-state index contributed by atoms with van der Waals surface area (Å²) >= 11 is 3.17. The van der Waals surface area contributed by atoms with Gasteiger partial charge in [0, 0.05) is 17.2 Å². The second-order valence-corrected chi connectivity index (χ2v) is 5.05. The molecule has 0 fully saturated rings. The van der Waals surface area contributed by atoms with Gasteiger partial charge < -0.3 is 15.8 Å². The summed E-state index contributed by atoms with van der Waals surface area (Å²) in [7, 11) is 0. The zero-order valence-electron chi connectivity index (χ0n) is 11.0. The number of carbonyl (C=O) groups is 1. The van der Waals surface area contributed by atoms with E-state index in [1.54, 1.807) is 30.6 Å². The van der Waals surface area contributed by atoms with Crippen LogP contribution in [0.1, 0.15) is 10.4 Å². The van der Waals surface area contributed by atoms with Gasteiger partial charge >= 0.3 is 0 Å². The van der Waals surface area contributed by atoms with Crippen molar-refractivity contribution in [3.05, 3.63) is 52.5 Å². The van der Waals surface area contributed by atoms with Gasteiger partial charge in [0.05, 0.1) is 17.4 Å². The third-order valence-electron chi connectivity index (χ3n) is 2.62. The molecule has 0 aliphatic rings. The predicted molar refractivity (Wildman–Crippen MR) is 80.8 cm³/mol. The number of hydrogen-bond donors (Lipinski definition) is 2. The number of carbonyl (C=O) groups excluding carboxylic acids is 1. The first-order valence-corrected chi connectivity index (χ1v) is 6.93. The van der Waals surface area contributed by atoms with E-state index in [4.69, 9.17) is 10.5 Å². The Kier molecular flexibility index (Phi) is 5.10. The van der Waals surface area contributed by atoms with E-state index in [0.29, 0.717) is 29.1 Å². The average Bonchev–Trinajstić information content (AvgIpc) is 2.43. The van der Waals surface area contributed by atoms with Crippen molar-refractivity contribution in [3.8, 4) is 5.75 Å². The second-order valence-electron chi connectivity index (χ2n) is 4.14. The van der Waals surface area contributed by atoms with Gasteiger partial charge in [0.1, 0.15) is 18.2 Å². The number of nitrogens with zero attached hydrogens (tertiary/aromatic N) is 1. The summed E-state index contributed by atoms with van der Waals surface area (Å²) in [5, 5.41) is 2.93. The Bertz CT molecular complexity index is 638. The molecule has 0 saturated heterocycles. The summed E-state index contributed by atoms with van der Waals surface area (Å²) in [6, 6.07) is 6.32. The molecule has 3 N–H and O–H groups in total. The number of pyridine rings is 1. The third-order valence-corrected chi connectivity index (χ3v) is 3.08. The van der Waals surface area contributed by atoms with Gasteiger partial charge in [0.15, 0.2) is 0 Å². The number of nitrogens with one attached hydrogen (secondary N) is 1. The summed E-state index contributed by atoms with van der Waals surface area (Å²) in [5.41, 5.74) is 5.34. The van der Waals surface area contributed by atoms with Crippen molar-refractivity contribution in [3.63, 3.8) is 0 Å². The first-order valence-electron chi connectivity index (χ1n) is 6.13. The third kappa shape index (κ3) is 4.16. The minimum absolute atomic E-state index is 0.167. The smallest absolute Gasteiger partial charge is 0.253 e. The summed E-state index contributed by atoms with van der Waals surface area (Å²) in [5.74, 6) is -0.863. The van der Waals surface area contributed by atoms with Gasteiger partial charge in [0.25, 0.3) is 5.91 Å². The number of benzene rings is 1. The highest BCUT2D eigenvalue weighted by Crippen LogP contribution is 2.24. The quantitative estimate of drug-likeness (QED) is 0.782. The van der Waals surface area contributed by atoms with Crippen LogP contribution in [0.25, 0.3) is 0 Å². The molecule has 21 heavy (non-hydrogen) atoms. The lowest BCUT2D eigenvalue weighted by molar-refractivity contribution is 0.0997. The molecule has 7 heteroatoms. The Morgan fingerprint density at radius 3 is 2.95 bits per heavy atom. The summed E-state index contributed by atoms with van der Waals surface area (Å²) < 4.78 is 19.7. The van der Waals surface area contributed by atoms with E-state index in [-0.39, 0.29) is 5.56 Å². The molecular weight excluding hydrogens is 341 g/mol. The zero-order valence-corrected chi connectivity index (χ0v) is 12.6. The summed E-state index contributed by atoms with van der Waals surface area (Å²) in [6.07, 6.45) is 3.24. The Morgan fingerprint density at radius 1 is 1.48 bits per heavy atom. The van der Waals surface area contributed by atoms with Crippen molar-refractivity contribution in [1.29, 1.82) is 0 Å². The molecule has 0 unspecified atom stereocenters. The maximum absolute atomic E-state index is 13.7. The van der Waals surface area contributed by atoms with Crippen LogP contribution in [0, 0.1) is 5.82 Å². The minimum Gasteiger partial charge on any atom is -0.490 e. The number of anilines is 1. The van der Waals surface area contributed by atoms with Crippen molar-refractivity contribution in [1.82, 2.24) is 4.98 Å². The number of aromatic nitrogens is 1. The number of nitrogens with two attached hydrogens (primary N) is 1. The number of primary amides is 1. The molecule has 2 rings (SSSR count). The highest BCUT2D eigenvalue weighted by atomic mass is 79.9. The van der Waals surface area contributed by atoms with Crippen LogP contribution in [0.5, 0.6) is 5.75 Å². The summed E-state index contributed by atoms with van der Waals surface area (Å²) in [4.78, 5) is 15.2. The first kappa shape index (κ1) is 15.2. The van der Waals surface area contributed by atoms with Gasteiger partial charge in [-0.15, -0.1) is 0 Å². The lowest BCUT2D eigenvalue weighted by atomic mass is 10.1. The van der Waals surface area contributed by atoms with Crippen LogP contribution in [0.15, 0.2) is 41.1 Å². The Balaban J connectivity index is 1.98. The Labute approximate surface area is 129 Å². The van der Waals surface area contributed by atoms with Crippen LogP contribution in [-0.2, 0) is 0 Å². The number of hydrogen-bond acceptors (Lipinski definition) is 4. The van der Waals surface area contributed by atoms with Crippen molar-refractivity contribution < 1.29 is 13.9 Å². The fraction of sp³-hybridized carbons (Fsp3) is 0.143. The second kappa shape index (κ2) is 7.03. The zero-order chi connectivity index (χ0) is 15.2. The maximum atomic E-state index is 13.7. The highest BCUT2D eigenvalue weighted by molar-refractivity contribution is 9.10. The molecule has 0 radical (unpaired) electrons. The maximum Gasteiger partial charge on any atom is 0.253 e. The number of halogens is 2. The number of amides is 1. The largest absolute Gasteiger partial charge is 0.490 e. The van der Waals surface area contributed by atoms with Crippen LogP contribution < -0.4 is 15.8 Å². The van der Waals surface area contributed by atoms with E-state index in [9.17, 15) is 9.18 Å². The molecule has 2 aromatic rings. The van der Waals surface area contributed by atoms with Gasteiger partial charge in [-0.3, -0.25) is 9.78 Å². The van der Waals surface area contributed by atoms with Crippen molar-refractivity contribution in [2.45, 2.75) is 0 Å². The van der Waals surface area contributed by atoms with Crippen LogP contribution >= 0.6 is 15.9 Å². The van der Waals surface area contributed by atoms with Gasteiger partial charge in [0.2, 0.25) is 0 Å². The monoisotopic (exact) mass is 353 g/mol. The van der Waals surface area contributed by atoms with Gasteiger partial charge in [-0.1, -0.05) is 15.9 Å². The molecule has 1 aromatic carbocycles. The van der Waals surface area contributed by atoms with Crippen molar-refractivity contribution >= 4 is 27.5 Å². The molecule has 0 saturated carbocycles. The lowest BCUT2D eigenvalue weighted by Crippen LogP contribution is -2.19. The van der Waals surface area contributed by atoms with E-state index in [0.717, 1.165) is 0 Å². The lowest BCUT2D eigenvalue weighted by Gasteiger charge is -2.12. The topological polar surface area (TPSA) is 77.2 Å². The van der Waals surface area contributed by atoms with E-state index >= 15 is 0 Å². The van der Waals surface area contributed by atoms with Crippen LogP contribution in [0.4, 0.5) is 10.1 Å².